The summed E-state index contributed by atoms with van der Waals surface area (Å²) < 4.78 is 18.8. The summed E-state index contributed by atoms with van der Waals surface area (Å²) in [5, 5.41) is 0. The van der Waals surface area contributed by atoms with Crippen LogP contribution in [0.1, 0.15) is 31.2 Å². The molecule has 5 nitrogen and oxygen atoms in total. The second-order valence-corrected chi connectivity index (χ2v) is 7.17. The van der Waals surface area contributed by atoms with E-state index in [-0.39, 0.29) is 17.8 Å². The Morgan fingerprint density at radius 1 is 1.28 bits per heavy atom. The van der Waals surface area contributed by atoms with Crippen molar-refractivity contribution in [2.75, 3.05) is 33.3 Å². The second kappa shape index (κ2) is 8.15. The van der Waals surface area contributed by atoms with Gasteiger partial charge in [0.05, 0.1) is 7.11 Å². The van der Waals surface area contributed by atoms with Gasteiger partial charge in [-0.3, -0.25) is 9.69 Å². The van der Waals surface area contributed by atoms with Crippen LogP contribution in [0.25, 0.3) is 0 Å². The first-order chi connectivity index (χ1) is 12.1. The summed E-state index contributed by atoms with van der Waals surface area (Å²) in [6.07, 6.45) is 3.84. The molecular weight excluding hydrogens is 321 g/mol. The highest BCUT2D eigenvalue weighted by Crippen LogP contribution is 2.28. The molecule has 1 aliphatic heterocycles. The van der Waals surface area contributed by atoms with E-state index in [1.807, 2.05) is 4.90 Å². The van der Waals surface area contributed by atoms with Crippen molar-refractivity contribution < 1.29 is 13.9 Å². The Balaban J connectivity index is 1.50. The Labute approximate surface area is 148 Å². The van der Waals surface area contributed by atoms with Crippen molar-refractivity contribution in [2.24, 2.45) is 11.7 Å². The first-order valence-corrected chi connectivity index (χ1v) is 9.15. The van der Waals surface area contributed by atoms with Crippen LogP contribution in [-0.2, 0) is 11.3 Å². The molecule has 0 bridgehead atoms. The number of carbonyl (C=O) groups is 1. The first-order valence-electron chi connectivity index (χ1n) is 9.15. The number of benzene rings is 1. The quantitative estimate of drug-likeness (QED) is 0.883. The van der Waals surface area contributed by atoms with E-state index >= 15 is 0 Å². The van der Waals surface area contributed by atoms with Gasteiger partial charge in [0.25, 0.3) is 0 Å². The zero-order valence-electron chi connectivity index (χ0n) is 14.9. The van der Waals surface area contributed by atoms with Crippen LogP contribution in [0.15, 0.2) is 18.2 Å². The maximum Gasteiger partial charge on any atom is 0.222 e. The van der Waals surface area contributed by atoms with Crippen molar-refractivity contribution >= 4 is 5.91 Å². The van der Waals surface area contributed by atoms with Crippen LogP contribution in [0.2, 0.25) is 0 Å². The number of hydrogen-bond acceptors (Lipinski definition) is 4. The van der Waals surface area contributed by atoms with Crippen molar-refractivity contribution in [3.05, 3.63) is 29.6 Å². The molecule has 2 N–H and O–H groups in total. The van der Waals surface area contributed by atoms with Crippen LogP contribution in [-0.4, -0.2) is 55.0 Å². The van der Waals surface area contributed by atoms with Gasteiger partial charge in [0.1, 0.15) is 11.6 Å². The molecule has 0 radical (unpaired) electrons. The Kier molecular flexibility index (Phi) is 5.91. The lowest BCUT2D eigenvalue weighted by Gasteiger charge is -2.35. The third-order valence-corrected chi connectivity index (χ3v) is 5.52. The molecule has 1 amide bonds. The average molecular weight is 349 g/mol. The standard InChI is InChI=1S/C19H28FN3O2/c1-25-18-6-5-16(20)11-15(18)13-22-7-9-23(10-8-22)19(24)12-14-3-2-4-17(14)21/h5-6,11,14,17H,2-4,7-10,12-13,21H2,1H3/t14-,17+/m0/s1. The molecule has 25 heavy (non-hydrogen) atoms. The maximum atomic E-state index is 13.5. The number of piperazine rings is 1. The molecule has 2 atom stereocenters. The summed E-state index contributed by atoms with van der Waals surface area (Å²) in [6, 6.07) is 4.78. The van der Waals surface area contributed by atoms with Crippen LogP contribution in [0, 0.1) is 11.7 Å². The number of methoxy groups -OCH3 is 1. The molecule has 0 aromatic heterocycles. The van der Waals surface area contributed by atoms with Crippen molar-refractivity contribution in [2.45, 2.75) is 38.3 Å². The number of nitrogens with zero attached hydrogens (tertiary/aromatic N) is 2. The number of nitrogens with two attached hydrogens (primary N) is 1. The second-order valence-electron chi connectivity index (χ2n) is 7.17. The third-order valence-electron chi connectivity index (χ3n) is 5.52. The monoisotopic (exact) mass is 349 g/mol. The van der Waals surface area contributed by atoms with Crippen molar-refractivity contribution in [3.8, 4) is 5.75 Å². The van der Waals surface area contributed by atoms with Gasteiger partial charge in [0.2, 0.25) is 5.91 Å². The van der Waals surface area contributed by atoms with E-state index in [9.17, 15) is 9.18 Å². The van der Waals surface area contributed by atoms with Gasteiger partial charge in [-0.05, 0) is 37.0 Å². The first kappa shape index (κ1) is 18.1. The molecule has 1 saturated carbocycles. The Morgan fingerprint density at radius 3 is 2.68 bits per heavy atom. The normalized spacial score (nSPS) is 24.5. The van der Waals surface area contributed by atoms with Crippen LogP contribution in [0.4, 0.5) is 4.39 Å². The van der Waals surface area contributed by atoms with E-state index in [0.717, 1.165) is 51.0 Å². The predicted molar refractivity (Wildman–Crippen MR) is 94.7 cm³/mol. The molecule has 0 spiro atoms. The Bertz CT molecular complexity index is 602. The van der Waals surface area contributed by atoms with Gasteiger partial charge in [-0.15, -0.1) is 0 Å². The molecule has 6 heteroatoms. The number of amides is 1. The average Bonchev–Trinajstić information content (AvgIpc) is 3.00. The molecule has 138 valence electrons. The van der Waals surface area contributed by atoms with Gasteiger partial charge in [-0.1, -0.05) is 6.42 Å². The van der Waals surface area contributed by atoms with E-state index in [4.69, 9.17) is 10.5 Å². The van der Waals surface area contributed by atoms with E-state index in [2.05, 4.69) is 4.90 Å². The van der Waals surface area contributed by atoms with E-state index < -0.39 is 0 Å². The molecule has 3 rings (SSSR count). The van der Waals surface area contributed by atoms with Gasteiger partial charge in [0, 0.05) is 50.7 Å². The number of ether oxygens (including phenoxy) is 1. The molecule has 2 fully saturated rings. The van der Waals surface area contributed by atoms with Crippen LogP contribution >= 0.6 is 0 Å². The maximum absolute atomic E-state index is 13.5. The summed E-state index contributed by atoms with van der Waals surface area (Å²) in [6.45, 7) is 3.66. The SMILES string of the molecule is COc1ccc(F)cc1CN1CCN(C(=O)C[C@@H]2CCC[C@H]2N)CC1. The minimum absolute atomic E-state index is 0.186. The highest BCUT2D eigenvalue weighted by Gasteiger charge is 2.29. The Morgan fingerprint density at radius 2 is 2.04 bits per heavy atom. The van der Waals surface area contributed by atoms with Crippen molar-refractivity contribution in [3.63, 3.8) is 0 Å². The van der Waals surface area contributed by atoms with Gasteiger partial charge >= 0.3 is 0 Å². The molecule has 1 aromatic rings. The highest BCUT2D eigenvalue weighted by atomic mass is 19.1. The smallest absolute Gasteiger partial charge is 0.222 e. The summed E-state index contributed by atoms with van der Waals surface area (Å²) in [5.41, 5.74) is 6.93. The van der Waals surface area contributed by atoms with Gasteiger partial charge in [-0.2, -0.15) is 0 Å². The van der Waals surface area contributed by atoms with Crippen LogP contribution in [0.3, 0.4) is 0 Å². The van der Waals surface area contributed by atoms with Gasteiger partial charge in [-0.25, -0.2) is 4.39 Å². The van der Waals surface area contributed by atoms with Crippen LogP contribution in [0.5, 0.6) is 5.75 Å². The lowest BCUT2D eigenvalue weighted by atomic mass is 9.99. The van der Waals surface area contributed by atoms with Crippen LogP contribution < -0.4 is 10.5 Å². The predicted octanol–water partition coefficient (Wildman–Crippen LogP) is 2.00. The number of hydrogen-bond donors (Lipinski definition) is 1. The van der Waals surface area contributed by atoms with Gasteiger partial charge in [0.15, 0.2) is 0 Å². The number of halogens is 1. The van der Waals surface area contributed by atoms with E-state index in [0.29, 0.717) is 24.6 Å². The molecule has 2 aliphatic rings. The zero-order valence-corrected chi connectivity index (χ0v) is 14.9. The zero-order chi connectivity index (χ0) is 17.8. The third kappa shape index (κ3) is 4.50. The van der Waals surface area contributed by atoms with E-state index in [1.54, 1.807) is 13.2 Å². The highest BCUT2D eigenvalue weighted by molar-refractivity contribution is 5.76. The molecule has 1 saturated heterocycles. The Hall–Kier alpha value is -1.66. The molecular formula is C19H28FN3O2. The fourth-order valence-corrected chi connectivity index (χ4v) is 3.94. The fraction of sp³-hybridized carbons (Fsp3) is 0.632. The largest absolute Gasteiger partial charge is 0.496 e. The minimum Gasteiger partial charge on any atom is -0.496 e. The molecule has 0 unspecified atom stereocenters. The number of carbonyl (C=O) groups excluding carboxylic acids is 1. The molecule has 1 aliphatic carbocycles. The van der Waals surface area contributed by atoms with Crippen molar-refractivity contribution in [1.29, 1.82) is 0 Å². The minimum atomic E-state index is -0.252. The molecule has 1 aromatic carbocycles. The fourth-order valence-electron chi connectivity index (χ4n) is 3.94. The summed E-state index contributed by atoms with van der Waals surface area (Å²) in [4.78, 5) is 16.7. The summed E-state index contributed by atoms with van der Waals surface area (Å²) in [7, 11) is 1.60. The van der Waals surface area contributed by atoms with Crippen molar-refractivity contribution in [1.82, 2.24) is 9.80 Å². The lowest BCUT2D eigenvalue weighted by Crippen LogP contribution is -2.49. The summed E-state index contributed by atoms with van der Waals surface area (Å²) >= 11 is 0. The van der Waals surface area contributed by atoms with E-state index in [1.165, 1.54) is 12.1 Å². The van der Waals surface area contributed by atoms with Gasteiger partial charge < -0.3 is 15.4 Å². The topological polar surface area (TPSA) is 58.8 Å². The lowest BCUT2D eigenvalue weighted by molar-refractivity contribution is -0.134. The molecule has 1 heterocycles. The number of rotatable bonds is 5. The summed E-state index contributed by atoms with van der Waals surface area (Å²) in [5.74, 6) is 1.03.